The molecular formula is C11H18N2S. The van der Waals surface area contributed by atoms with Crippen LogP contribution in [0.1, 0.15) is 42.3 Å². The highest BCUT2D eigenvalue weighted by atomic mass is 32.1. The average Bonchev–Trinajstić information content (AvgIpc) is 2.65. The molecule has 0 unspecified atom stereocenters. The summed E-state index contributed by atoms with van der Waals surface area (Å²) in [5.74, 6) is 0.735. The van der Waals surface area contributed by atoms with Crippen LogP contribution in [0.2, 0.25) is 0 Å². The minimum Gasteiger partial charge on any atom is -0.317 e. The molecule has 1 N–H and O–H groups in total. The van der Waals surface area contributed by atoms with Crippen molar-refractivity contribution in [2.75, 3.05) is 7.05 Å². The van der Waals surface area contributed by atoms with Crippen LogP contribution >= 0.6 is 11.3 Å². The lowest BCUT2D eigenvalue weighted by Gasteiger charge is -2.26. The van der Waals surface area contributed by atoms with Gasteiger partial charge in [-0.05, 0) is 39.7 Å². The molecule has 0 amide bonds. The zero-order valence-corrected chi connectivity index (χ0v) is 9.73. The second-order valence-electron chi connectivity index (χ2n) is 4.16. The van der Waals surface area contributed by atoms with Crippen LogP contribution in [0, 0.1) is 6.92 Å². The minimum atomic E-state index is 0.735. The standard InChI is InChI=1S/C11H18N2S/c1-8-7-14-11(13-8)9-3-5-10(12-2)6-4-9/h7,9-10,12H,3-6H2,1-2H3. The summed E-state index contributed by atoms with van der Waals surface area (Å²) in [6.07, 6.45) is 5.22. The van der Waals surface area contributed by atoms with Crippen molar-refractivity contribution in [3.8, 4) is 0 Å². The van der Waals surface area contributed by atoms with Gasteiger partial charge in [0.15, 0.2) is 0 Å². The monoisotopic (exact) mass is 210 g/mol. The zero-order valence-electron chi connectivity index (χ0n) is 8.92. The van der Waals surface area contributed by atoms with E-state index in [9.17, 15) is 0 Å². The predicted octanol–water partition coefficient (Wildman–Crippen LogP) is 2.70. The summed E-state index contributed by atoms with van der Waals surface area (Å²) < 4.78 is 0. The van der Waals surface area contributed by atoms with Gasteiger partial charge in [-0.1, -0.05) is 0 Å². The van der Waals surface area contributed by atoms with Gasteiger partial charge in [0.05, 0.1) is 5.01 Å². The van der Waals surface area contributed by atoms with Gasteiger partial charge in [0.1, 0.15) is 0 Å². The number of aryl methyl sites for hydroxylation is 1. The molecular weight excluding hydrogens is 192 g/mol. The fraction of sp³-hybridized carbons (Fsp3) is 0.727. The highest BCUT2D eigenvalue weighted by molar-refractivity contribution is 7.09. The Morgan fingerprint density at radius 1 is 1.36 bits per heavy atom. The van der Waals surface area contributed by atoms with Crippen LogP contribution in [0.5, 0.6) is 0 Å². The molecule has 1 aliphatic rings. The second kappa shape index (κ2) is 4.41. The Labute approximate surface area is 89.8 Å². The average molecular weight is 210 g/mol. The first-order valence-corrected chi connectivity index (χ1v) is 6.27. The Kier molecular flexibility index (Phi) is 3.19. The van der Waals surface area contributed by atoms with E-state index >= 15 is 0 Å². The van der Waals surface area contributed by atoms with E-state index in [-0.39, 0.29) is 0 Å². The van der Waals surface area contributed by atoms with Gasteiger partial charge < -0.3 is 5.32 Å². The van der Waals surface area contributed by atoms with Crippen molar-refractivity contribution in [1.29, 1.82) is 0 Å². The Bertz CT molecular complexity index is 287. The SMILES string of the molecule is CNC1CCC(c2nc(C)cs2)CC1. The van der Waals surface area contributed by atoms with E-state index in [2.05, 4.69) is 29.7 Å². The summed E-state index contributed by atoms with van der Waals surface area (Å²) >= 11 is 1.83. The van der Waals surface area contributed by atoms with Crippen LogP contribution in [-0.4, -0.2) is 18.1 Å². The van der Waals surface area contributed by atoms with Gasteiger partial charge in [0, 0.05) is 23.0 Å². The van der Waals surface area contributed by atoms with Crippen LogP contribution in [0.4, 0.5) is 0 Å². The van der Waals surface area contributed by atoms with E-state index in [0.717, 1.165) is 12.0 Å². The van der Waals surface area contributed by atoms with Crippen LogP contribution in [-0.2, 0) is 0 Å². The molecule has 0 saturated heterocycles. The molecule has 14 heavy (non-hydrogen) atoms. The summed E-state index contributed by atoms with van der Waals surface area (Å²) in [4.78, 5) is 4.58. The first kappa shape index (κ1) is 10.1. The number of aromatic nitrogens is 1. The largest absolute Gasteiger partial charge is 0.317 e. The topological polar surface area (TPSA) is 24.9 Å². The fourth-order valence-corrected chi connectivity index (χ4v) is 3.16. The number of thiazole rings is 1. The maximum Gasteiger partial charge on any atom is 0.0959 e. The van der Waals surface area contributed by atoms with Crippen molar-refractivity contribution >= 4 is 11.3 Å². The number of nitrogens with zero attached hydrogens (tertiary/aromatic N) is 1. The third-order valence-corrected chi connectivity index (χ3v) is 4.25. The number of hydrogen-bond donors (Lipinski definition) is 1. The molecule has 0 aromatic carbocycles. The van der Waals surface area contributed by atoms with E-state index in [1.165, 1.54) is 36.4 Å². The Balaban J connectivity index is 1.95. The second-order valence-corrected chi connectivity index (χ2v) is 5.05. The maximum atomic E-state index is 4.58. The normalized spacial score (nSPS) is 27.9. The number of nitrogens with one attached hydrogen (secondary N) is 1. The Morgan fingerprint density at radius 3 is 2.57 bits per heavy atom. The smallest absolute Gasteiger partial charge is 0.0959 e. The van der Waals surface area contributed by atoms with E-state index in [0.29, 0.717) is 0 Å². The Morgan fingerprint density at radius 2 is 2.07 bits per heavy atom. The summed E-state index contributed by atoms with van der Waals surface area (Å²) in [5, 5.41) is 6.89. The maximum absolute atomic E-state index is 4.58. The highest BCUT2D eigenvalue weighted by Crippen LogP contribution is 2.34. The molecule has 1 fully saturated rings. The van der Waals surface area contributed by atoms with Gasteiger partial charge >= 0.3 is 0 Å². The van der Waals surface area contributed by atoms with Crippen LogP contribution in [0.25, 0.3) is 0 Å². The van der Waals surface area contributed by atoms with Crippen molar-refractivity contribution in [2.24, 2.45) is 0 Å². The minimum absolute atomic E-state index is 0.735. The molecule has 2 nitrogen and oxygen atoms in total. The fourth-order valence-electron chi connectivity index (χ4n) is 2.19. The van der Waals surface area contributed by atoms with E-state index < -0.39 is 0 Å². The number of rotatable bonds is 2. The molecule has 0 spiro atoms. The van der Waals surface area contributed by atoms with Crippen molar-refractivity contribution in [3.63, 3.8) is 0 Å². The molecule has 3 heteroatoms. The number of hydrogen-bond acceptors (Lipinski definition) is 3. The third-order valence-electron chi connectivity index (χ3n) is 3.12. The molecule has 1 aliphatic carbocycles. The highest BCUT2D eigenvalue weighted by Gasteiger charge is 2.22. The lowest BCUT2D eigenvalue weighted by atomic mass is 9.86. The van der Waals surface area contributed by atoms with E-state index in [1.54, 1.807) is 0 Å². The van der Waals surface area contributed by atoms with Gasteiger partial charge in [-0.3, -0.25) is 0 Å². The first-order valence-electron chi connectivity index (χ1n) is 5.39. The van der Waals surface area contributed by atoms with Crippen LogP contribution < -0.4 is 5.32 Å². The summed E-state index contributed by atoms with van der Waals surface area (Å²) in [7, 11) is 2.07. The molecule has 0 atom stereocenters. The summed E-state index contributed by atoms with van der Waals surface area (Å²) in [6.45, 7) is 2.08. The molecule has 0 aliphatic heterocycles. The van der Waals surface area contributed by atoms with Gasteiger partial charge in [0.2, 0.25) is 0 Å². The quantitative estimate of drug-likeness (QED) is 0.812. The van der Waals surface area contributed by atoms with Crippen LogP contribution in [0.15, 0.2) is 5.38 Å². The molecule has 0 radical (unpaired) electrons. The van der Waals surface area contributed by atoms with Gasteiger partial charge in [0.25, 0.3) is 0 Å². The van der Waals surface area contributed by atoms with E-state index in [4.69, 9.17) is 0 Å². The zero-order chi connectivity index (χ0) is 9.97. The van der Waals surface area contributed by atoms with E-state index in [1.807, 2.05) is 11.3 Å². The first-order chi connectivity index (χ1) is 6.79. The molecule has 1 saturated carbocycles. The summed E-state index contributed by atoms with van der Waals surface area (Å²) in [6, 6.07) is 0.743. The van der Waals surface area contributed by atoms with Gasteiger partial charge in [-0.2, -0.15) is 0 Å². The van der Waals surface area contributed by atoms with Gasteiger partial charge in [-0.15, -0.1) is 11.3 Å². The molecule has 1 aromatic rings. The van der Waals surface area contributed by atoms with Crippen LogP contribution in [0.3, 0.4) is 0 Å². The molecule has 0 bridgehead atoms. The van der Waals surface area contributed by atoms with Crippen molar-refractivity contribution in [2.45, 2.75) is 44.6 Å². The lowest BCUT2D eigenvalue weighted by molar-refractivity contribution is 0.358. The van der Waals surface area contributed by atoms with Crippen molar-refractivity contribution < 1.29 is 0 Å². The van der Waals surface area contributed by atoms with Crippen molar-refractivity contribution in [1.82, 2.24) is 10.3 Å². The molecule has 1 heterocycles. The molecule has 2 rings (SSSR count). The lowest BCUT2D eigenvalue weighted by Crippen LogP contribution is -2.29. The summed E-state index contributed by atoms with van der Waals surface area (Å²) in [5.41, 5.74) is 1.18. The molecule has 1 aromatic heterocycles. The third kappa shape index (κ3) is 2.15. The Hall–Kier alpha value is -0.410. The van der Waals surface area contributed by atoms with Gasteiger partial charge in [-0.25, -0.2) is 4.98 Å². The van der Waals surface area contributed by atoms with Crippen molar-refractivity contribution in [3.05, 3.63) is 16.1 Å². The predicted molar refractivity (Wildman–Crippen MR) is 60.9 cm³/mol. The molecule has 78 valence electrons.